The van der Waals surface area contributed by atoms with Crippen LogP contribution in [0.15, 0.2) is 182 Å². The molecule has 0 N–H and O–H groups in total. The largest absolute Gasteiger partial charge is 0.309 e. The van der Waals surface area contributed by atoms with Crippen LogP contribution < -0.4 is 0 Å². The molecule has 0 atom stereocenters. The van der Waals surface area contributed by atoms with Gasteiger partial charge in [0.25, 0.3) is 0 Å². The van der Waals surface area contributed by atoms with Gasteiger partial charge in [-0.3, -0.25) is 0 Å². The highest BCUT2D eigenvalue weighted by Gasteiger charge is 2.39. The van der Waals surface area contributed by atoms with Crippen molar-refractivity contribution >= 4 is 65.2 Å². The quantitative estimate of drug-likeness (QED) is 0.169. The molecule has 2 heteroatoms. The van der Waals surface area contributed by atoms with E-state index in [-0.39, 0.29) is 10.8 Å². The monoisotopic (exact) mass is 770 g/mol. The van der Waals surface area contributed by atoms with Crippen LogP contribution in [0.5, 0.6) is 0 Å². The molecular formula is C58H46N2. The summed E-state index contributed by atoms with van der Waals surface area (Å²) in [6, 6.07) is 68.1. The molecule has 0 aliphatic heterocycles. The van der Waals surface area contributed by atoms with Gasteiger partial charge < -0.3 is 9.13 Å². The average molecular weight is 771 g/mol. The van der Waals surface area contributed by atoms with Crippen LogP contribution in [-0.4, -0.2) is 9.13 Å². The maximum Gasteiger partial charge on any atom is 0.0547 e. The van der Waals surface area contributed by atoms with Crippen molar-refractivity contribution in [2.24, 2.45) is 0 Å². The summed E-state index contributed by atoms with van der Waals surface area (Å²) in [4.78, 5) is 0. The molecule has 0 bridgehead atoms. The van der Waals surface area contributed by atoms with Gasteiger partial charge in [-0.25, -0.2) is 0 Å². The second-order valence-electron chi connectivity index (χ2n) is 18.4. The third-order valence-corrected chi connectivity index (χ3v) is 13.9. The highest BCUT2D eigenvalue weighted by atomic mass is 15.0. The zero-order valence-electron chi connectivity index (χ0n) is 34.6. The van der Waals surface area contributed by atoms with E-state index in [1.165, 1.54) is 123 Å². The number of hydrogen-bond acceptors (Lipinski definition) is 0. The lowest BCUT2D eigenvalue weighted by molar-refractivity contribution is 0.333. The lowest BCUT2D eigenvalue weighted by Crippen LogP contribution is -2.34. The van der Waals surface area contributed by atoms with Crippen molar-refractivity contribution in [1.29, 1.82) is 0 Å². The van der Waals surface area contributed by atoms with Gasteiger partial charge in [0.2, 0.25) is 0 Å². The van der Waals surface area contributed by atoms with Crippen LogP contribution in [0.1, 0.15) is 51.7 Å². The summed E-state index contributed by atoms with van der Waals surface area (Å²) in [7, 11) is 0. The number of fused-ring (bicyclic) bond motifs is 10. The van der Waals surface area contributed by atoms with Crippen molar-refractivity contribution in [1.82, 2.24) is 9.13 Å². The molecule has 2 aromatic heterocycles. The third-order valence-electron chi connectivity index (χ3n) is 13.9. The Balaban J connectivity index is 1.11. The summed E-state index contributed by atoms with van der Waals surface area (Å²) < 4.78 is 4.92. The Bertz CT molecular complexity index is 3540. The Hall–Kier alpha value is -6.90. The Labute approximate surface area is 351 Å². The lowest BCUT2D eigenvalue weighted by Gasteiger charge is -2.43. The molecule has 60 heavy (non-hydrogen) atoms. The predicted molar refractivity (Wildman–Crippen MR) is 256 cm³/mol. The van der Waals surface area contributed by atoms with Gasteiger partial charge in [-0.05, 0) is 139 Å². The van der Waals surface area contributed by atoms with Crippen molar-refractivity contribution in [2.75, 3.05) is 0 Å². The summed E-state index contributed by atoms with van der Waals surface area (Å²) in [6.07, 6.45) is 2.37. The maximum absolute atomic E-state index is 2.53. The predicted octanol–water partition coefficient (Wildman–Crippen LogP) is 15.9. The second-order valence-corrected chi connectivity index (χ2v) is 18.4. The molecule has 0 saturated heterocycles. The maximum atomic E-state index is 2.53. The van der Waals surface area contributed by atoms with Crippen molar-refractivity contribution in [3.8, 4) is 33.6 Å². The zero-order valence-corrected chi connectivity index (χ0v) is 34.6. The molecule has 0 unspecified atom stereocenters. The van der Waals surface area contributed by atoms with E-state index in [0.29, 0.717) is 0 Å². The minimum absolute atomic E-state index is 0.0696. The fraction of sp³-hybridized carbons (Fsp3) is 0.138. The number of benzene rings is 9. The van der Waals surface area contributed by atoms with E-state index in [1.54, 1.807) is 0 Å². The highest BCUT2D eigenvalue weighted by molar-refractivity contribution is 6.22. The van der Waals surface area contributed by atoms with Crippen molar-refractivity contribution in [3.63, 3.8) is 0 Å². The van der Waals surface area contributed by atoms with Crippen molar-refractivity contribution in [2.45, 2.75) is 51.4 Å². The molecule has 0 saturated carbocycles. The van der Waals surface area contributed by atoms with E-state index >= 15 is 0 Å². The average Bonchev–Trinajstić information content (AvgIpc) is 3.80. The van der Waals surface area contributed by atoms with Crippen LogP contribution in [0.2, 0.25) is 0 Å². The number of hydrogen-bond donors (Lipinski definition) is 0. The van der Waals surface area contributed by atoms with Crippen molar-refractivity contribution < 1.29 is 0 Å². The summed E-state index contributed by atoms with van der Waals surface area (Å²) >= 11 is 0. The van der Waals surface area contributed by atoms with Gasteiger partial charge in [0, 0.05) is 32.9 Å². The van der Waals surface area contributed by atoms with Gasteiger partial charge in [-0.1, -0.05) is 149 Å². The molecule has 12 rings (SSSR count). The Kier molecular flexibility index (Phi) is 7.48. The fourth-order valence-corrected chi connectivity index (χ4v) is 10.9. The molecule has 0 radical (unpaired) electrons. The normalized spacial score (nSPS) is 14.8. The van der Waals surface area contributed by atoms with Gasteiger partial charge in [0.1, 0.15) is 0 Å². The van der Waals surface area contributed by atoms with Crippen LogP contribution in [0.4, 0.5) is 0 Å². The molecule has 1 aliphatic rings. The first-order valence-corrected chi connectivity index (χ1v) is 21.5. The molecule has 0 spiro atoms. The molecule has 2 nitrogen and oxygen atoms in total. The molecular weight excluding hydrogens is 725 g/mol. The number of para-hydroxylation sites is 2. The lowest BCUT2D eigenvalue weighted by atomic mass is 9.61. The summed E-state index contributed by atoms with van der Waals surface area (Å²) in [5.41, 5.74) is 15.5. The molecule has 2 heterocycles. The number of nitrogens with zero attached hydrogens (tertiary/aromatic N) is 2. The van der Waals surface area contributed by atoms with Gasteiger partial charge in [0.15, 0.2) is 0 Å². The summed E-state index contributed by atoms with van der Waals surface area (Å²) in [5.74, 6) is 0. The fourth-order valence-electron chi connectivity index (χ4n) is 10.9. The van der Waals surface area contributed by atoms with E-state index in [9.17, 15) is 0 Å². The molecule has 0 amide bonds. The van der Waals surface area contributed by atoms with Gasteiger partial charge in [-0.2, -0.15) is 0 Å². The molecule has 288 valence electrons. The smallest absolute Gasteiger partial charge is 0.0547 e. The SMILES string of the molecule is CC1(C)CCC(C)(C)c2c(-c3cc(-n4c5ccc(-c6ccc7c(c6)c6ccccc6n7-c6ccccc6)cc5c5c6ccccc6ccc54)cc4ccccc34)cccc21. The second kappa shape index (κ2) is 12.8. The van der Waals surface area contributed by atoms with Crippen LogP contribution in [-0.2, 0) is 10.8 Å². The first-order chi connectivity index (χ1) is 29.2. The van der Waals surface area contributed by atoms with Crippen LogP contribution in [0.3, 0.4) is 0 Å². The Morgan fingerprint density at radius 2 is 0.967 bits per heavy atom. The van der Waals surface area contributed by atoms with E-state index in [0.717, 1.165) is 0 Å². The first kappa shape index (κ1) is 35.1. The standard InChI is InChI=1S/C58H46N2/c1-57(2)31-32-58(3,4)56-46(22-14-23-50(56)57)47-36-42(33-40-16-9-10-19-43(40)47)60-53-29-27-39(35-49(53)55-44-20-11-8-15-37(44)25-30-54(55)60)38-26-28-52-48(34-38)45-21-12-13-24-51(45)59(52)41-17-6-5-7-18-41/h5-30,33-36H,31-32H2,1-4H3. The molecule has 9 aromatic carbocycles. The minimum atomic E-state index is 0.0696. The van der Waals surface area contributed by atoms with E-state index in [4.69, 9.17) is 0 Å². The number of aromatic nitrogens is 2. The highest BCUT2D eigenvalue weighted by Crippen LogP contribution is 2.51. The molecule has 1 aliphatic carbocycles. The first-order valence-electron chi connectivity index (χ1n) is 21.5. The summed E-state index contributed by atoms with van der Waals surface area (Å²) in [5, 5.41) is 10.2. The number of rotatable bonds is 4. The van der Waals surface area contributed by atoms with Gasteiger partial charge in [0.05, 0.1) is 22.1 Å². The molecule has 11 aromatic rings. The van der Waals surface area contributed by atoms with E-state index in [1.807, 2.05) is 0 Å². The molecule has 0 fully saturated rings. The Morgan fingerprint density at radius 1 is 0.367 bits per heavy atom. The van der Waals surface area contributed by atoms with Crippen LogP contribution in [0, 0.1) is 0 Å². The zero-order chi connectivity index (χ0) is 40.3. The van der Waals surface area contributed by atoms with Crippen molar-refractivity contribution in [3.05, 3.63) is 193 Å². The minimum Gasteiger partial charge on any atom is -0.309 e. The Morgan fingerprint density at radius 3 is 1.77 bits per heavy atom. The summed E-state index contributed by atoms with van der Waals surface area (Å²) in [6.45, 7) is 9.75. The topological polar surface area (TPSA) is 9.86 Å². The van der Waals surface area contributed by atoms with E-state index < -0.39 is 0 Å². The van der Waals surface area contributed by atoms with Gasteiger partial charge in [-0.15, -0.1) is 0 Å². The van der Waals surface area contributed by atoms with Crippen LogP contribution in [0.25, 0.3) is 98.8 Å². The van der Waals surface area contributed by atoms with Gasteiger partial charge >= 0.3 is 0 Å². The van der Waals surface area contributed by atoms with Crippen LogP contribution >= 0.6 is 0 Å². The third kappa shape index (κ3) is 5.13. The van der Waals surface area contributed by atoms with E-state index in [2.05, 4.69) is 219 Å².